The summed E-state index contributed by atoms with van der Waals surface area (Å²) in [7, 11) is 0. The molecule has 0 spiro atoms. The Kier molecular flexibility index (Phi) is 5.91. The van der Waals surface area contributed by atoms with E-state index in [1.54, 1.807) is 12.1 Å². The third kappa shape index (κ3) is 3.99. The van der Waals surface area contributed by atoms with Crippen molar-refractivity contribution >= 4 is 16.9 Å². The van der Waals surface area contributed by atoms with Crippen LogP contribution >= 0.6 is 0 Å². The minimum atomic E-state index is -0.911. The SMILES string of the molecule is Cc1cc(C)c2[nH]ccc2c1CC1CCN(CCF)CC1c1ccc(C(=O)O)cc1. The zero-order valence-corrected chi connectivity index (χ0v) is 17.6. The number of likely N-dealkylation sites (tertiary alicyclic amines) is 1. The number of carbonyl (C=O) groups is 1. The molecular weight excluding hydrogens is 379 g/mol. The van der Waals surface area contributed by atoms with Crippen LogP contribution in [-0.4, -0.2) is 47.3 Å². The van der Waals surface area contributed by atoms with Gasteiger partial charge in [-0.2, -0.15) is 0 Å². The van der Waals surface area contributed by atoms with E-state index < -0.39 is 5.97 Å². The van der Waals surface area contributed by atoms with Gasteiger partial charge in [-0.25, -0.2) is 9.18 Å². The van der Waals surface area contributed by atoms with E-state index in [9.17, 15) is 14.3 Å². The summed E-state index contributed by atoms with van der Waals surface area (Å²) in [6, 6.07) is 11.7. The van der Waals surface area contributed by atoms with Crippen LogP contribution in [0.1, 0.15) is 45.0 Å². The van der Waals surface area contributed by atoms with Crippen molar-refractivity contribution in [2.45, 2.75) is 32.6 Å². The van der Waals surface area contributed by atoms with Gasteiger partial charge in [0.15, 0.2) is 0 Å². The second-order valence-electron chi connectivity index (χ2n) is 8.53. The highest BCUT2D eigenvalue weighted by molar-refractivity contribution is 5.88. The summed E-state index contributed by atoms with van der Waals surface area (Å²) in [5, 5.41) is 10.5. The zero-order valence-electron chi connectivity index (χ0n) is 17.6. The van der Waals surface area contributed by atoms with Gasteiger partial charge in [-0.05, 0) is 85.5 Å². The summed E-state index contributed by atoms with van der Waals surface area (Å²) in [5.41, 5.74) is 6.60. The smallest absolute Gasteiger partial charge is 0.335 e. The summed E-state index contributed by atoms with van der Waals surface area (Å²) >= 11 is 0. The fourth-order valence-electron chi connectivity index (χ4n) is 5.06. The average Bonchev–Trinajstić information content (AvgIpc) is 3.22. The quantitative estimate of drug-likeness (QED) is 0.597. The number of aryl methyl sites for hydroxylation is 2. The zero-order chi connectivity index (χ0) is 21.3. The Hall–Kier alpha value is -2.66. The number of nitrogens with zero attached hydrogens (tertiary/aromatic N) is 1. The number of hydrogen-bond acceptors (Lipinski definition) is 2. The highest BCUT2D eigenvalue weighted by Gasteiger charge is 2.31. The molecule has 0 radical (unpaired) electrons. The molecule has 0 saturated carbocycles. The molecule has 1 saturated heterocycles. The van der Waals surface area contributed by atoms with Gasteiger partial charge in [0, 0.05) is 30.2 Å². The van der Waals surface area contributed by atoms with E-state index >= 15 is 0 Å². The summed E-state index contributed by atoms with van der Waals surface area (Å²) in [5.74, 6) is -0.232. The molecule has 3 aromatic rings. The van der Waals surface area contributed by atoms with Gasteiger partial charge < -0.3 is 15.0 Å². The second-order valence-corrected chi connectivity index (χ2v) is 8.53. The highest BCUT2D eigenvalue weighted by Crippen LogP contribution is 2.37. The second kappa shape index (κ2) is 8.60. The minimum Gasteiger partial charge on any atom is -0.478 e. The molecule has 2 heterocycles. The van der Waals surface area contributed by atoms with Crippen molar-refractivity contribution in [2.75, 3.05) is 26.3 Å². The van der Waals surface area contributed by atoms with Crippen LogP contribution in [0.4, 0.5) is 4.39 Å². The molecule has 2 aromatic carbocycles. The number of carboxylic acids is 1. The van der Waals surface area contributed by atoms with Crippen molar-refractivity contribution in [3.63, 3.8) is 0 Å². The fraction of sp³-hybridized carbons (Fsp3) is 0.400. The molecule has 158 valence electrons. The Bertz CT molecular complexity index is 1040. The van der Waals surface area contributed by atoms with Gasteiger partial charge in [0.25, 0.3) is 0 Å². The normalized spacial score (nSPS) is 20.0. The molecular formula is C25H29FN2O2. The average molecular weight is 409 g/mol. The Labute approximate surface area is 176 Å². The molecule has 1 aliphatic rings. The van der Waals surface area contributed by atoms with Crippen LogP contribution in [-0.2, 0) is 6.42 Å². The Balaban J connectivity index is 1.67. The number of benzene rings is 2. The van der Waals surface area contributed by atoms with Gasteiger partial charge >= 0.3 is 5.97 Å². The van der Waals surface area contributed by atoms with E-state index in [1.165, 1.54) is 27.6 Å². The van der Waals surface area contributed by atoms with Gasteiger partial charge in [0.05, 0.1) is 5.56 Å². The van der Waals surface area contributed by atoms with Gasteiger partial charge in [-0.3, -0.25) is 0 Å². The van der Waals surface area contributed by atoms with E-state index in [2.05, 4.69) is 35.9 Å². The predicted octanol–water partition coefficient (Wildman–Crippen LogP) is 5.10. The van der Waals surface area contributed by atoms with E-state index in [0.29, 0.717) is 18.0 Å². The molecule has 2 atom stereocenters. The maximum atomic E-state index is 13.0. The molecule has 0 bridgehead atoms. The third-order valence-corrected chi connectivity index (χ3v) is 6.67. The van der Waals surface area contributed by atoms with Gasteiger partial charge in [0.1, 0.15) is 6.67 Å². The number of aromatic nitrogens is 1. The fourth-order valence-corrected chi connectivity index (χ4v) is 5.06. The first-order valence-electron chi connectivity index (χ1n) is 10.7. The lowest BCUT2D eigenvalue weighted by atomic mass is 9.76. The number of piperidine rings is 1. The predicted molar refractivity (Wildman–Crippen MR) is 118 cm³/mol. The maximum Gasteiger partial charge on any atom is 0.335 e. The van der Waals surface area contributed by atoms with Crippen molar-refractivity contribution in [3.05, 3.63) is 70.4 Å². The van der Waals surface area contributed by atoms with E-state index in [4.69, 9.17) is 0 Å². The van der Waals surface area contributed by atoms with Gasteiger partial charge in [-0.1, -0.05) is 18.2 Å². The Morgan fingerprint density at radius 3 is 2.67 bits per heavy atom. The molecule has 0 amide bonds. The third-order valence-electron chi connectivity index (χ3n) is 6.67. The summed E-state index contributed by atoms with van der Waals surface area (Å²) in [4.78, 5) is 16.8. The molecule has 30 heavy (non-hydrogen) atoms. The molecule has 1 fully saturated rings. The first kappa shape index (κ1) is 20.6. The number of aromatic carboxylic acids is 1. The van der Waals surface area contributed by atoms with E-state index in [-0.39, 0.29) is 12.6 Å². The lowest BCUT2D eigenvalue weighted by Crippen LogP contribution is -2.41. The number of hydrogen-bond donors (Lipinski definition) is 2. The number of H-pyrrole nitrogens is 1. The van der Waals surface area contributed by atoms with Crippen LogP contribution in [0.3, 0.4) is 0 Å². The van der Waals surface area contributed by atoms with Crippen LogP contribution < -0.4 is 0 Å². The van der Waals surface area contributed by atoms with E-state index in [1.807, 2.05) is 18.3 Å². The molecule has 2 unspecified atom stereocenters. The van der Waals surface area contributed by atoms with Crippen LogP contribution in [0.15, 0.2) is 42.6 Å². The number of nitrogens with one attached hydrogen (secondary N) is 1. The number of alkyl halides is 1. The number of aromatic amines is 1. The van der Waals surface area contributed by atoms with Crippen molar-refractivity contribution in [1.29, 1.82) is 0 Å². The molecule has 2 N–H and O–H groups in total. The lowest BCUT2D eigenvalue weighted by molar-refractivity contribution is 0.0697. The molecule has 0 aliphatic carbocycles. The van der Waals surface area contributed by atoms with Crippen LogP contribution in [0.25, 0.3) is 10.9 Å². The molecule has 1 aromatic heterocycles. The van der Waals surface area contributed by atoms with E-state index in [0.717, 1.165) is 31.5 Å². The molecule has 4 rings (SSSR count). The first-order chi connectivity index (χ1) is 14.5. The van der Waals surface area contributed by atoms with Crippen LogP contribution in [0.5, 0.6) is 0 Å². The van der Waals surface area contributed by atoms with Crippen LogP contribution in [0, 0.1) is 19.8 Å². The first-order valence-corrected chi connectivity index (χ1v) is 10.7. The Morgan fingerprint density at radius 1 is 1.20 bits per heavy atom. The van der Waals surface area contributed by atoms with Gasteiger partial charge in [0.2, 0.25) is 0 Å². The standard InChI is InChI=1S/C25H29FN2O2/c1-16-13-17(2)24-21(7-10-27-24)22(16)14-20-8-11-28(12-9-26)15-23(20)18-3-5-19(6-4-18)25(29)30/h3-7,10,13,20,23,27H,8-9,11-12,14-15H2,1-2H3,(H,29,30). The number of halogens is 1. The summed E-state index contributed by atoms with van der Waals surface area (Å²) in [6.45, 7) is 6.15. The lowest BCUT2D eigenvalue weighted by Gasteiger charge is -2.39. The number of rotatable bonds is 6. The largest absolute Gasteiger partial charge is 0.478 e. The highest BCUT2D eigenvalue weighted by atomic mass is 19.1. The number of fused-ring (bicyclic) bond motifs is 1. The van der Waals surface area contributed by atoms with Crippen molar-refractivity contribution in [2.24, 2.45) is 5.92 Å². The van der Waals surface area contributed by atoms with Gasteiger partial charge in [-0.15, -0.1) is 0 Å². The van der Waals surface area contributed by atoms with Crippen LogP contribution in [0.2, 0.25) is 0 Å². The van der Waals surface area contributed by atoms with Crippen molar-refractivity contribution < 1.29 is 14.3 Å². The van der Waals surface area contributed by atoms with Crippen molar-refractivity contribution in [1.82, 2.24) is 9.88 Å². The summed E-state index contributed by atoms with van der Waals surface area (Å²) in [6.07, 6.45) is 3.98. The maximum absolute atomic E-state index is 13.0. The molecule has 4 nitrogen and oxygen atoms in total. The van der Waals surface area contributed by atoms with Crippen molar-refractivity contribution in [3.8, 4) is 0 Å². The molecule has 5 heteroatoms. The minimum absolute atomic E-state index is 0.253. The topological polar surface area (TPSA) is 56.3 Å². The summed E-state index contributed by atoms with van der Waals surface area (Å²) < 4.78 is 13.0. The Morgan fingerprint density at radius 2 is 1.97 bits per heavy atom. The molecule has 1 aliphatic heterocycles. The number of carboxylic acid groups (broad SMARTS) is 1. The monoisotopic (exact) mass is 408 g/mol.